The molecule has 4 heteroatoms. The van der Waals surface area contributed by atoms with Crippen LogP contribution in [-0.2, 0) is 9.63 Å². The average molecular weight is 209 g/mol. The molecule has 0 bridgehead atoms. The number of rotatable bonds is 3. The van der Waals surface area contributed by atoms with Gasteiger partial charge < -0.3 is 0 Å². The van der Waals surface area contributed by atoms with Crippen LogP contribution in [-0.4, -0.2) is 25.1 Å². The zero-order chi connectivity index (χ0) is 11.3. The monoisotopic (exact) mass is 209 g/mol. The van der Waals surface area contributed by atoms with Gasteiger partial charge in [-0.2, -0.15) is 0 Å². The van der Waals surface area contributed by atoms with Crippen molar-refractivity contribution in [3.8, 4) is 0 Å². The largest absolute Gasteiger partial charge is 0.274 e. The fourth-order valence-corrected chi connectivity index (χ4v) is 0.973. The van der Waals surface area contributed by atoms with E-state index in [1.165, 1.54) is 38.4 Å². The minimum absolute atomic E-state index is 0.304. The molecule has 15 heavy (non-hydrogen) atoms. The van der Waals surface area contributed by atoms with Gasteiger partial charge in [0.15, 0.2) is 0 Å². The lowest BCUT2D eigenvalue weighted by Gasteiger charge is -2.09. The maximum atomic E-state index is 12.8. The summed E-state index contributed by atoms with van der Waals surface area (Å²) in [6.07, 6.45) is 2.85. The van der Waals surface area contributed by atoms with Crippen molar-refractivity contribution in [3.63, 3.8) is 0 Å². The summed E-state index contributed by atoms with van der Waals surface area (Å²) in [6, 6.07) is 5.98. The van der Waals surface area contributed by atoms with Crippen LogP contribution in [0.15, 0.2) is 30.3 Å². The predicted molar refractivity (Wildman–Crippen MR) is 55.2 cm³/mol. The molecule has 1 aromatic carbocycles. The van der Waals surface area contributed by atoms with Crippen LogP contribution in [0.25, 0.3) is 6.08 Å². The van der Waals surface area contributed by atoms with Gasteiger partial charge in [0.1, 0.15) is 5.82 Å². The minimum Gasteiger partial charge on any atom is -0.274 e. The van der Waals surface area contributed by atoms with E-state index < -0.39 is 0 Å². The fourth-order valence-electron chi connectivity index (χ4n) is 0.973. The van der Waals surface area contributed by atoms with Crippen molar-refractivity contribution < 1.29 is 14.0 Å². The lowest BCUT2D eigenvalue weighted by Crippen LogP contribution is -2.22. The highest BCUT2D eigenvalue weighted by molar-refractivity contribution is 5.90. The molecule has 0 saturated heterocycles. The van der Waals surface area contributed by atoms with E-state index >= 15 is 0 Å². The van der Waals surface area contributed by atoms with Gasteiger partial charge in [-0.3, -0.25) is 9.63 Å². The zero-order valence-electron chi connectivity index (χ0n) is 8.61. The molecule has 0 atom stereocenters. The molecule has 0 aliphatic heterocycles. The van der Waals surface area contributed by atoms with E-state index in [1.807, 2.05) is 0 Å². The van der Waals surface area contributed by atoms with E-state index in [-0.39, 0.29) is 11.7 Å². The van der Waals surface area contributed by atoms with E-state index in [0.717, 1.165) is 5.06 Å². The highest BCUT2D eigenvalue weighted by Gasteiger charge is 2.01. The SMILES string of the molecule is CON(C)C(=O)C=Cc1cccc(F)c1. The van der Waals surface area contributed by atoms with Gasteiger partial charge in [-0.25, -0.2) is 9.45 Å². The quantitative estimate of drug-likeness (QED) is 0.561. The van der Waals surface area contributed by atoms with Crippen molar-refractivity contribution in [3.05, 3.63) is 41.7 Å². The standard InChI is InChI=1S/C11H12FNO2/c1-13(15-2)11(14)7-6-9-4-3-5-10(12)8-9/h3-8H,1-2H3. The second-order valence-electron chi connectivity index (χ2n) is 2.91. The molecule has 1 aromatic rings. The Morgan fingerprint density at radius 1 is 1.53 bits per heavy atom. The molecular formula is C11H12FNO2. The number of carbonyl (C=O) groups is 1. The molecule has 1 rings (SSSR count). The summed E-state index contributed by atoms with van der Waals surface area (Å²) >= 11 is 0. The van der Waals surface area contributed by atoms with Gasteiger partial charge in [0.05, 0.1) is 7.11 Å². The first kappa shape index (κ1) is 11.4. The topological polar surface area (TPSA) is 29.5 Å². The molecule has 3 nitrogen and oxygen atoms in total. The van der Waals surface area contributed by atoms with Crippen LogP contribution < -0.4 is 0 Å². The molecule has 80 valence electrons. The van der Waals surface area contributed by atoms with Crippen LogP contribution >= 0.6 is 0 Å². The van der Waals surface area contributed by atoms with Crippen molar-refractivity contribution >= 4 is 12.0 Å². The number of halogens is 1. The van der Waals surface area contributed by atoms with Gasteiger partial charge in [-0.1, -0.05) is 12.1 Å². The Bertz CT molecular complexity index is 377. The Morgan fingerprint density at radius 2 is 2.27 bits per heavy atom. The fraction of sp³-hybridized carbons (Fsp3) is 0.182. The first-order valence-electron chi connectivity index (χ1n) is 4.39. The summed E-state index contributed by atoms with van der Waals surface area (Å²) in [6.45, 7) is 0. The number of benzene rings is 1. The smallest absolute Gasteiger partial charge is 0.269 e. The molecule has 0 fully saturated rings. The molecule has 1 amide bonds. The van der Waals surface area contributed by atoms with E-state index in [1.54, 1.807) is 12.1 Å². The number of amides is 1. The Hall–Kier alpha value is -1.68. The van der Waals surface area contributed by atoms with Gasteiger partial charge >= 0.3 is 0 Å². The van der Waals surface area contributed by atoms with Crippen LogP contribution in [0.5, 0.6) is 0 Å². The summed E-state index contributed by atoms with van der Waals surface area (Å²) in [4.78, 5) is 15.9. The molecule has 0 spiro atoms. The van der Waals surface area contributed by atoms with Gasteiger partial charge in [0.25, 0.3) is 5.91 Å². The molecule has 0 saturated carbocycles. The minimum atomic E-state index is -0.329. The molecular weight excluding hydrogens is 197 g/mol. The van der Waals surface area contributed by atoms with Crippen LogP contribution in [0.1, 0.15) is 5.56 Å². The van der Waals surface area contributed by atoms with Gasteiger partial charge in [0, 0.05) is 13.1 Å². The Labute approximate surface area is 87.7 Å². The number of nitrogens with zero attached hydrogens (tertiary/aromatic N) is 1. The maximum Gasteiger partial charge on any atom is 0.269 e. The molecule has 0 aliphatic carbocycles. The highest BCUT2D eigenvalue weighted by atomic mass is 19.1. The summed E-state index contributed by atoms with van der Waals surface area (Å²) in [5.74, 6) is -0.633. The summed E-state index contributed by atoms with van der Waals surface area (Å²) < 4.78 is 12.8. The number of hydroxylamine groups is 2. The summed E-state index contributed by atoms with van der Waals surface area (Å²) in [5, 5.41) is 1.08. The number of hydrogen-bond donors (Lipinski definition) is 0. The third-order valence-corrected chi connectivity index (χ3v) is 1.85. The van der Waals surface area contributed by atoms with Crippen molar-refractivity contribution in [2.75, 3.05) is 14.2 Å². The summed E-state index contributed by atoms with van der Waals surface area (Å²) in [7, 11) is 2.90. The Balaban J connectivity index is 2.69. The number of hydrogen-bond acceptors (Lipinski definition) is 2. The second kappa shape index (κ2) is 5.26. The van der Waals surface area contributed by atoms with E-state index in [9.17, 15) is 9.18 Å². The molecule has 0 aliphatic rings. The van der Waals surface area contributed by atoms with Gasteiger partial charge in [0.2, 0.25) is 0 Å². The van der Waals surface area contributed by atoms with Gasteiger partial charge in [-0.15, -0.1) is 0 Å². The molecule has 0 N–H and O–H groups in total. The predicted octanol–water partition coefficient (Wildman–Crippen LogP) is 1.86. The lowest BCUT2D eigenvalue weighted by molar-refractivity contribution is -0.162. The van der Waals surface area contributed by atoms with Crippen LogP contribution in [0.4, 0.5) is 4.39 Å². The van der Waals surface area contributed by atoms with Crippen molar-refractivity contribution in [1.82, 2.24) is 5.06 Å². The van der Waals surface area contributed by atoms with Crippen molar-refractivity contribution in [2.45, 2.75) is 0 Å². The maximum absolute atomic E-state index is 12.8. The first-order valence-corrected chi connectivity index (χ1v) is 4.39. The number of likely N-dealkylation sites (N-methyl/N-ethyl adjacent to an activating group) is 1. The van der Waals surface area contributed by atoms with E-state index in [4.69, 9.17) is 0 Å². The zero-order valence-corrected chi connectivity index (χ0v) is 8.61. The average Bonchev–Trinajstić information content (AvgIpc) is 2.25. The van der Waals surface area contributed by atoms with Crippen LogP contribution in [0.2, 0.25) is 0 Å². The van der Waals surface area contributed by atoms with Crippen LogP contribution in [0, 0.1) is 5.82 Å². The lowest BCUT2D eigenvalue weighted by atomic mass is 10.2. The Kier molecular flexibility index (Phi) is 4.00. The van der Waals surface area contributed by atoms with Crippen molar-refractivity contribution in [1.29, 1.82) is 0 Å². The van der Waals surface area contributed by atoms with Crippen molar-refractivity contribution in [2.24, 2.45) is 0 Å². The van der Waals surface area contributed by atoms with Gasteiger partial charge in [-0.05, 0) is 23.8 Å². The first-order chi connectivity index (χ1) is 7.13. The second-order valence-corrected chi connectivity index (χ2v) is 2.91. The summed E-state index contributed by atoms with van der Waals surface area (Å²) in [5.41, 5.74) is 0.632. The molecule has 0 unspecified atom stereocenters. The van der Waals surface area contributed by atoms with E-state index in [0.29, 0.717) is 5.56 Å². The van der Waals surface area contributed by atoms with Crippen LogP contribution in [0.3, 0.4) is 0 Å². The highest BCUT2D eigenvalue weighted by Crippen LogP contribution is 2.05. The third kappa shape index (κ3) is 3.52. The molecule has 0 aromatic heterocycles. The number of carbonyl (C=O) groups excluding carboxylic acids is 1. The normalized spacial score (nSPS) is 10.6. The molecule has 0 heterocycles. The Morgan fingerprint density at radius 3 is 2.87 bits per heavy atom. The molecule has 0 radical (unpaired) electrons. The third-order valence-electron chi connectivity index (χ3n) is 1.85. The van der Waals surface area contributed by atoms with E-state index in [2.05, 4.69) is 4.84 Å².